The van der Waals surface area contributed by atoms with Crippen molar-refractivity contribution in [3.8, 4) is 0 Å². The van der Waals surface area contributed by atoms with Crippen LogP contribution in [-0.4, -0.2) is 47.4 Å². The number of amides is 1. The van der Waals surface area contributed by atoms with Crippen molar-refractivity contribution in [1.82, 2.24) is 5.32 Å². The van der Waals surface area contributed by atoms with Crippen molar-refractivity contribution in [1.29, 1.82) is 0 Å². The Kier molecular flexibility index (Phi) is 51.1. The van der Waals surface area contributed by atoms with E-state index in [0.29, 0.717) is 25.9 Å². The smallest absolute Gasteiger partial charge is 0.305 e. The zero-order valence-corrected chi connectivity index (χ0v) is 42.1. The van der Waals surface area contributed by atoms with Gasteiger partial charge in [0.1, 0.15) is 0 Å². The number of esters is 1. The van der Waals surface area contributed by atoms with Gasteiger partial charge in [-0.2, -0.15) is 0 Å². The third kappa shape index (κ3) is 49.4. The Balaban J connectivity index is 3.43. The van der Waals surface area contributed by atoms with E-state index in [1.165, 1.54) is 193 Å². The second-order valence-corrected chi connectivity index (χ2v) is 18.9. The van der Waals surface area contributed by atoms with Crippen LogP contribution in [0.4, 0.5) is 0 Å². The molecule has 6 heteroatoms. The Bertz CT molecular complexity index is 1020. The minimum absolute atomic E-state index is 0.00605. The molecule has 0 aromatic carbocycles. The zero-order chi connectivity index (χ0) is 45.8. The Labute approximate surface area is 392 Å². The van der Waals surface area contributed by atoms with Crippen molar-refractivity contribution in [2.75, 3.05) is 13.2 Å². The molecule has 0 aliphatic rings. The van der Waals surface area contributed by atoms with Gasteiger partial charge in [0.25, 0.3) is 0 Å². The average molecular weight is 886 g/mol. The lowest BCUT2D eigenvalue weighted by Crippen LogP contribution is -2.45. The fraction of sp³-hybridized carbons (Fsp3) is 0.860. The molecule has 0 saturated carbocycles. The van der Waals surface area contributed by atoms with E-state index in [0.717, 1.165) is 64.2 Å². The van der Waals surface area contributed by atoms with E-state index in [4.69, 9.17) is 4.74 Å². The number of allylic oxidation sites excluding steroid dienone is 6. The SMILES string of the molecule is CCCCC/C=C\C/C=C\CCCCCCCCCCCC(=O)OCCCCCCCC/C=C\CCCCCCCCCC(=O)NC(CO)C(O)CCCCCCCCCCCC. The van der Waals surface area contributed by atoms with Crippen LogP contribution in [0.25, 0.3) is 0 Å². The van der Waals surface area contributed by atoms with Crippen molar-refractivity contribution in [2.45, 2.75) is 302 Å². The molecule has 0 aliphatic heterocycles. The molecule has 1 amide bonds. The fourth-order valence-corrected chi connectivity index (χ4v) is 8.37. The molecule has 3 N–H and O–H groups in total. The number of hydrogen-bond donors (Lipinski definition) is 3. The van der Waals surface area contributed by atoms with Gasteiger partial charge in [-0.05, 0) is 83.5 Å². The van der Waals surface area contributed by atoms with Crippen LogP contribution in [-0.2, 0) is 14.3 Å². The van der Waals surface area contributed by atoms with Gasteiger partial charge < -0.3 is 20.3 Å². The normalized spacial score (nSPS) is 12.9. The summed E-state index contributed by atoms with van der Waals surface area (Å²) in [5.74, 6) is -0.0553. The first-order chi connectivity index (χ1) is 31.0. The van der Waals surface area contributed by atoms with E-state index in [1.54, 1.807) is 0 Å². The van der Waals surface area contributed by atoms with E-state index in [9.17, 15) is 19.8 Å². The molecule has 0 fully saturated rings. The molecule has 0 radical (unpaired) electrons. The topological polar surface area (TPSA) is 95.9 Å². The summed E-state index contributed by atoms with van der Waals surface area (Å²) in [7, 11) is 0. The first kappa shape index (κ1) is 61.1. The monoisotopic (exact) mass is 886 g/mol. The van der Waals surface area contributed by atoms with Gasteiger partial charge in [0.15, 0.2) is 0 Å². The molecule has 0 spiro atoms. The standard InChI is InChI=1S/C57H107NO5/c1-3-5-7-9-11-13-15-16-17-18-19-22-25-28-31-35-39-43-47-51-57(62)63-52-48-44-40-36-32-29-26-23-20-21-24-27-30-34-38-42-46-50-56(61)58-54(53-59)55(60)49-45-41-37-33-14-12-10-8-6-4-2/h11,13,16-17,20,23,54-55,59-60H,3-10,12,14-15,18-19,21-22,24-53H2,1-2H3,(H,58,61)/b13-11-,17-16-,23-20-. The van der Waals surface area contributed by atoms with Crippen LogP contribution in [0.2, 0.25) is 0 Å². The number of nitrogens with one attached hydrogen (secondary N) is 1. The maximum atomic E-state index is 12.4. The van der Waals surface area contributed by atoms with Gasteiger partial charge in [-0.25, -0.2) is 0 Å². The molecule has 0 aliphatic carbocycles. The van der Waals surface area contributed by atoms with Gasteiger partial charge in [-0.3, -0.25) is 9.59 Å². The molecule has 63 heavy (non-hydrogen) atoms. The molecule has 2 unspecified atom stereocenters. The zero-order valence-electron chi connectivity index (χ0n) is 42.1. The van der Waals surface area contributed by atoms with E-state index >= 15 is 0 Å². The molecule has 0 saturated heterocycles. The number of carbonyl (C=O) groups excluding carboxylic acids is 2. The Hall–Kier alpha value is -1.92. The Morgan fingerprint density at radius 1 is 0.444 bits per heavy atom. The second kappa shape index (κ2) is 52.7. The molecule has 0 bridgehead atoms. The molecular formula is C57H107NO5. The highest BCUT2D eigenvalue weighted by molar-refractivity contribution is 5.76. The number of aliphatic hydroxyl groups is 2. The minimum atomic E-state index is -0.671. The first-order valence-corrected chi connectivity index (χ1v) is 27.7. The predicted octanol–water partition coefficient (Wildman–Crippen LogP) is 16.9. The number of rotatable bonds is 51. The van der Waals surface area contributed by atoms with Crippen LogP contribution in [0.5, 0.6) is 0 Å². The van der Waals surface area contributed by atoms with E-state index < -0.39 is 12.1 Å². The minimum Gasteiger partial charge on any atom is -0.466 e. The number of hydrogen-bond acceptors (Lipinski definition) is 5. The van der Waals surface area contributed by atoms with Gasteiger partial charge >= 0.3 is 5.97 Å². The summed E-state index contributed by atoms with van der Waals surface area (Å²) in [6.45, 7) is 4.89. The van der Waals surface area contributed by atoms with Gasteiger partial charge in [0, 0.05) is 12.8 Å². The van der Waals surface area contributed by atoms with Gasteiger partial charge in [-0.1, -0.05) is 230 Å². The summed E-state index contributed by atoms with van der Waals surface area (Å²) >= 11 is 0. The van der Waals surface area contributed by atoms with E-state index in [2.05, 4.69) is 55.6 Å². The van der Waals surface area contributed by atoms with Crippen LogP contribution in [0, 0.1) is 0 Å². The second-order valence-electron chi connectivity index (χ2n) is 18.9. The van der Waals surface area contributed by atoms with Crippen LogP contribution in [0.15, 0.2) is 36.5 Å². The summed E-state index contributed by atoms with van der Waals surface area (Å²) in [4.78, 5) is 24.5. The lowest BCUT2D eigenvalue weighted by molar-refractivity contribution is -0.143. The Morgan fingerprint density at radius 2 is 0.794 bits per heavy atom. The van der Waals surface area contributed by atoms with Crippen LogP contribution in [0.1, 0.15) is 290 Å². The highest BCUT2D eigenvalue weighted by atomic mass is 16.5. The molecule has 0 aromatic rings. The lowest BCUT2D eigenvalue weighted by atomic mass is 10.0. The maximum absolute atomic E-state index is 12.4. The van der Waals surface area contributed by atoms with E-state index in [1.807, 2.05) is 0 Å². The predicted molar refractivity (Wildman–Crippen MR) is 273 cm³/mol. The molecule has 0 rings (SSSR count). The summed E-state index contributed by atoms with van der Waals surface area (Å²) in [5, 5.41) is 23.1. The van der Waals surface area contributed by atoms with E-state index in [-0.39, 0.29) is 18.5 Å². The number of unbranched alkanes of at least 4 members (excludes halogenated alkanes) is 34. The number of aliphatic hydroxyl groups excluding tert-OH is 2. The molecule has 0 aromatic heterocycles. The third-order valence-electron chi connectivity index (χ3n) is 12.7. The van der Waals surface area contributed by atoms with Crippen LogP contribution in [0.3, 0.4) is 0 Å². The van der Waals surface area contributed by atoms with Crippen LogP contribution < -0.4 is 5.32 Å². The Morgan fingerprint density at radius 3 is 1.25 bits per heavy atom. The van der Waals surface area contributed by atoms with Crippen molar-refractivity contribution in [2.24, 2.45) is 0 Å². The third-order valence-corrected chi connectivity index (χ3v) is 12.7. The largest absolute Gasteiger partial charge is 0.466 e. The van der Waals surface area contributed by atoms with Crippen molar-refractivity contribution >= 4 is 11.9 Å². The molecule has 6 nitrogen and oxygen atoms in total. The summed E-state index contributed by atoms with van der Waals surface area (Å²) in [6, 6.07) is -0.549. The molecule has 370 valence electrons. The number of carbonyl (C=O) groups is 2. The van der Waals surface area contributed by atoms with Gasteiger partial charge in [-0.15, -0.1) is 0 Å². The average Bonchev–Trinajstić information content (AvgIpc) is 3.28. The summed E-state index contributed by atoms with van der Waals surface area (Å²) in [6.07, 6.45) is 64.1. The molecule has 2 atom stereocenters. The summed E-state index contributed by atoms with van der Waals surface area (Å²) < 4.78 is 5.48. The first-order valence-electron chi connectivity index (χ1n) is 27.7. The molecular weight excluding hydrogens is 779 g/mol. The van der Waals surface area contributed by atoms with Gasteiger partial charge in [0.05, 0.1) is 25.4 Å². The number of ether oxygens (including phenoxy) is 1. The van der Waals surface area contributed by atoms with Crippen molar-refractivity contribution < 1.29 is 24.5 Å². The van der Waals surface area contributed by atoms with Gasteiger partial charge in [0.2, 0.25) is 5.91 Å². The molecule has 0 heterocycles. The maximum Gasteiger partial charge on any atom is 0.305 e. The highest BCUT2D eigenvalue weighted by Gasteiger charge is 2.20. The van der Waals surface area contributed by atoms with Crippen LogP contribution >= 0.6 is 0 Å². The fourth-order valence-electron chi connectivity index (χ4n) is 8.37. The summed E-state index contributed by atoms with van der Waals surface area (Å²) in [5.41, 5.74) is 0. The lowest BCUT2D eigenvalue weighted by Gasteiger charge is -2.22. The highest BCUT2D eigenvalue weighted by Crippen LogP contribution is 2.16. The quantitative estimate of drug-likeness (QED) is 0.0321. The van der Waals surface area contributed by atoms with Crippen molar-refractivity contribution in [3.05, 3.63) is 36.5 Å². The van der Waals surface area contributed by atoms with Crippen molar-refractivity contribution in [3.63, 3.8) is 0 Å².